The quantitative estimate of drug-likeness (QED) is 0.781. The summed E-state index contributed by atoms with van der Waals surface area (Å²) in [5.41, 5.74) is 6.27. The molecule has 0 aromatic carbocycles. The van der Waals surface area contributed by atoms with Gasteiger partial charge in [0.2, 0.25) is 0 Å². The summed E-state index contributed by atoms with van der Waals surface area (Å²) >= 11 is 0. The summed E-state index contributed by atoms with van der Waals surface area (Å²) < 4.78 is 0. The third-order valence-electron chi connectivity index (χ3n) is 4.28. The Morgan fingerprint density at radius 2 is 2.00 bits per heavy atom. The Hall–Kier alpha value is -0.0800. The number of nitrogens with two attached hydrogens (primary N) is 1. The van der Waals surface area contributed by atoms with E-state index in [9.17, 15) is 0 Å². The Morgan fingerprint density at radius 1 is 1.31 bits per heavy atom. The summed E-state index contributed by atoms with van der Waals surface area (Å²) in [4.78, 5) is 2.50. The average molecular weight is 226 g/mol. The van der Waals surface area contributed by atoms with Gasteiger partial charge in [0.1, 0.15) is 0 Å². The largest absolute Gasteiger partial charge is 0.326 e. The van der Waals surface area contributed by atoms with Gasteiger partial charge in [0, 0.05) is 12.1 Å². The molecule has 2 heteroatoms. The molecule has 2 N–H and O–H groups in total. The average Bonchev–Trinajstić information content (AvgIpc) is 2.26. The monoisotopic (exact) mass is 226 g/mol. The number of rotatable bonds is 5. The lowest BCUT2D eigenvalue weighted by atomic mass is 9.76. The van der Waals surface area contributed by atoms with E-state index in [4.69, 9.17) is 5.73 Å². The zero-order chi connectivity index (χ0) is 12.1. The maximum absolute atomic E-state index is 6.27. The van der Waals surface area contributed by atoms with Crippen molar-refractivity contribution in [1.82, 2.24) is 4.90 Å². The molecule has 1 rings (SSSR count). The molecule has 0 bridgehead atoms. The molecule has 0 aliphatic heterocycles. The number of unbranched alkanes of at least 4 members (excludes halogenated alkanes) is 1. The molecule has 96 valence electrons. The highest BCUT2D eigenvalue weighted by atomic mass is 15.1. The van der Waals surface area contributed by atoms with E-state index < -0.39 is 0 Å². The van der Waals surface area contributed by atoms with Gasteiger partial charge in [0.25, 0.3) is 0 Å². The molecule has 0 aromatic rings. The van der Waals surface area contributed by atoms with Crippen LogP contribution in [0.15, 0.2) is 0 Å². The molecular weight excluding hydrogens is 196 g/mol. The van der Waals surface area contributed by atoms with Crippen molar-refractivity contribution in [2.75, 3.05) is 13.6 Å². The van der Waals surface area contributed by atoms with Gasteiger partial charge in [0.15, 0.2) is 0 Å². The van der Waals surface area contributed by atoms with Crippen LogP contribution in [0.25, 0.3) is 0 Å². The van der Waals surface area contributed by atoms with E-state index in [1.54, 1.807) is 0 Å². The molecule has 0 amide bonds. The Bertz CT molecular complexity index is 191. The van der Waals surface area contributed by atoms with Crippen molar-refractivity contribution in [3.63, 3.8) is 0 Å². The molecule has 1 aliphatic carbocycles. The molecule has 0 heterocycles. The highest BCUT2D eigenvalue weighted by molar-refractivity contribution is 4.89. The summed E-state index contributed by atoms with van der Waals surface area (Å²) in [6, 6.07) is 1.02. The lowest BCUT2D eigenvalue weighted by Crippen LogP contribution is -2.50. The van der Waals surface area contributed by atoms with Crippen molar-refractivity contribution >= 4 is 0 Å². The molecule has 1 saturated carbocycles. The SMILES string of the molecule is CCCCN(C)C1CC(C(C)C)CCC1N. The first-order chi connectivity index (χ1) is 7.56. The summed E-state index contributed by atoms with van der Waals surface area (Å²) in [6.07, 6.45) is 6.42. The summed E-state index contributed by atoms with van der Waals surface area (Å²) in [5.74, 6) is 1.70. The minimum absolute atomic E-state index is 0.400. The van der Waals surface area contributed by atoms with Crippen molar-refractivity contribution < 1.29 is 0 Å². The number of hydrogen-bond acceptors (Lipinski definition) is 2. The van der Waals surface area contributed by atoms with Crippen LogP contribution >= 0.6 is 0 Å². The minimum Gasteiger partial charge on any atom is -0.326 e. The maximum atomic E-state index is 6.27. The van der Waals surface area contributed by atoms with Crippen molar-refractivity contribution in [2.24, 2.45) is 17.6 Å². The number of likely N-dealkylation sites (N-methyl/N-ethyl adjacent to an activating group) is 1. The predicted molar refractivity (Wildman–Crippen MR) is 71.5 cm³/mol. The standard InChI is InChI=1S/C14H30N2/c1-5-6-9-16(4)14-10-12(11(2)3)7-8-13(14)15/h11-14H,5-10,15H2,1-4H3. The van der Waals surface area contributed by atoms with Crippen molar-refractivity contribution in [2.45, 2.75) is 65.0 Å². The fraction of sp³-hybridized carbons (Fsp3) is 1.00. The summed E-state index contributed by atoms with van der Waals surface area (Å²) in [7, 11) is 2.25. The zero-order valence-corrected chi connectivity index (χ0v) is 11.6. The van der Waals surface area contributed by atoms with Gasteiger partial charge in [-0.2, -0.15) is 0 Å². The minimum atomic E-state index is 0.400. The summed E-state index contributed by atoms with van der Waals surface area (Å²) in [5, 5.41) is 0. The van der Waals surface area contributed by atoms with E-state index in [2.05, 4.69) is 32.7 Å². The highest BCUT2D eigenvalue weighted by Crippen LogP contribution is 2.31. The first-order valence-corrected chi connectivity index (χ1v) is 7.02. The van der Waals surface area contributed by atoms with E-state index in [1.807, 2.05) is 0 Å². The van der Waals surface area contributed by atoms with Crippen LogP contribution in [0, 0.1) is 11.8 Å². The van der Waals surface area contributed by atoms with E-state index in [1.165, 1.54) is 38.6 Å². The van der Waals surface area contributed by atoms with Crippen LogP contribution in [0.3, 0.4) is 0 Å². The molecular formula is C14H30N2. The molecule has 3 unspecified atom stereocenters. The third kappa shape index (κ3) is 3.74. The van der Waals surface area contributed by atoms with E-state index >= 15 is 0 Å². The Labute approximate surface area is 102 Å². The molecule has 1 aliphatic rings. The van der Waals surface area contributed by atoms with Crippen LogP contribution in [-0.4, -0.2) is 30.6 Å². The second-order valence-corrected chi connectivity index (χ2v) is 5.88. The molecule has 0 saturated heterocycles. The topological polar surface area (TPSA) is 29.3 Å². The second-order valence-electron chi connectivity index (χ2n) is 5.88. The van der Waals surface area contributed by atoms with Crippen LogP contribution in [0.4, 0.5) is 0 Å². The van der Waals surface area contributed by atoms with Gasteiger partial charge in [0.05, 0.1) is 0 Å². The van der Waals surface area contributed by atoms with Crippen molar-refractivity contribution in [1.29, 1.82) is 0 Å². The Kier molecular flexibility index (Phi) is 5.77. The molecule has 2 nitrogen and oxygen atoms in total. The first-order valence-electron chi connectivity index (χ1n) is 7.02. The van der Waals surface area contributed by atoms with Gasteiger partial charge in [-0.1, -0.05) is 27.2 Å². The molecule has 1 fully saturated rings. The van der Waals surface area contributed by atoms with Gasteiger partial charge in [-0.05, 0) is 51.1 Å². The fourth-order valence-corrected chi connectivity index (χ4v) is 2.89. The van der Waals surface area contributed by atoms with Gasteiger partial charge in [-0.3, -0.25) is 0 Å². The zero-order valence-electron chi connectivity index (χ0n) is 11.6. The molecule has 3 atom stereocenters. The second kappa shape index (κ2) is 6.61. The Morgan fingerprint density at radius 3 is 2.56 bits per heavy atom. The smallest absolute Gasteiger partial charge is 0.0246 e. The normalized spacial score (nSPS) is 31.3. The lowest BCUT2D eigenvalue weighted by molar-refractivity contribution is 0.117. The van der Waals surface area contributed by atoms with Crippen LogP contribution < -0.4 is 5.73 Å². The van der Waals surface area contributed by atoms with E-state index in [-0.39, 0.29) is 0 Å². The van der Waals surface area contributed by atoms with E-state index in [0.717, 1.165) is 11.8 Å². The van der Waals surface area contributed by atoms with Crippen LogP contribution in [-0.2, 0) is 0 Å². The maximum Gasteiger partial charge on any atom is 0.0246 e. The van der Waals surface area contributed by atoms with Crippen molar-refractivity contribution in [3.05, 3.63) is 0 Å². The van der Waals surface area contributed by atoms with Gasteiger partial charge < -0.3 is 10.6 Å². The van der Waals surface area contributed by atoms with Crippen LogP contribution in [0.2, 0.25) is 0 Å². The number of nitrogens with zero attached hydrogens (tertiary/aromatic N) is 1. The predicted octanol–water partition coefficient (Wildman–Crippen LogP) is 2.87. The van der Waals surface area contributed by atoms with Gasteiger partial charge >= 0.3 is 0 Å². The lowest BCUT2D eigenvalue weighted by Gasteiger charge is -2.41. The first kappa shape index (κ1) is 14.0. The Balaban J connectivity index is 2.48. The summed E-state index contributed by atoms with van der Waals surface area (Å²) in [6.45, 7) is 8.17. The fourth-order valence-electron chi connectivity index (χ4n) is 2.89. The van der Waals surface area contributed by atoms with Crippen molar-refractivity contribution in [3.8, 4) is 0 Å². The molecule has 0 radical (unpaired) electrons. The van der Waals surface area contributed by atoms with Crippen LogP contribution in [0.1, 0.15) is 52.9 Å². The van der Waals surface area contributed by atoms with Crippen LogP contribution in [0.5, 0.6) is 0 Å². The van der Waals surface area contributed by atoms with E-state index in [0.29, 0.717) is 12.1 Å². The molecule has 16 heavy (non-hydrogen) atoms. The highest BCUT2D eigenvalue weighted by Gasteiger charge is 2.31. The van der Waals surface area contributed by atoms with Gasteiger partial charge in [-0.15, -0.1) is 0 Å². The molecule has 0 spiro atoms. The molecule has 0 aromatic heterocycles. The number of hydrogen-bond donors (Lipinski definition) is 1. The third-order valence-corrected chi connectivity index (χ3v) is 4.28. The van der Waals surface area contributed by atoms with Gasteiger partial charge in [-0.25, -0.2) is 0 Å².